The fourth-order valence-corrected chi connectivity index (χ4v) is 3.31. The van der Waals surface area contributed by atoms with Gasteiger partial charge in [0.05, 0.1) is 6.54 Å². The van der Waals surface area contributed by atoms with E-state index in [1.807, 2.05) is 31.3 Å². The van der Waals surface area contributed by atoms with E-state index in [9.17, 15) is 0 Å². The number of nitrogens with two attached hydrogens (primary N) is 1. The molecule has 2 aromatic heterocycles. The first kappa shape index (κ1) is 17.2. The van der Waals surface area contributed by atoms with Gasteiger partial charge in [-0.3, -0.25) is 0 Å². The van der Waals surface area contributed by atoms with Gasteiger partial charge in [-0.1, -0.05) is 39.8 Å². The summed E-state index contributed by atoms with van der Waals surface area (Å²) in [7, 11) is 1.86. The Kier molecular flexibility index (Phi) is 6.06. The smallest absolute Gasteiger partial charge is 0.209 e. The van der Waals surface area contributed by atoms with Crippen LogP contribution in [0.5, 0.6) is 0 Å². The minimum atomic E-state index is 0.854. The van der Waals surface area contributed by atoms with Crippen molar-refractivity contribution in [1.82, 2.24) is 20.2 Å². The molecule has 2 N–H and O–H groups in total. The lowest BCUT2D eigenvalue weighted by Gasteiger charge is -2.01. The number of rotatable bonds is 8. The van der Waals surface area contributed by atoms with Crippen LogP contribution in [-0.4, -0.2) is 32.5 Å². The molecule has 0 atom stereocenters. The molecule has 0 saturated carbocycles. The minimum Gasteiger partial charge on any atom is -0.455 e. The van der Waals surface area contributed by atoms with Gasteiger partial charge in [-0.2, -0.15) is 0 Å². The lowest BCUT2D eigenvalue weighted by atomic mass is 10.2. The van der Waals surface area contributed by atoms with E-state index in [-0.39, 0.29) is 0 Å². The summed E-state index contributed by atoms with van der Waals surface area (Å²) in [5, 5.41) is 14.5. The number of furan rings is 1. The van der Waals surface area contributed by atoms with Crippen molar-refractivity contribution >= 4 is 27.7 Å². The maximum Gasteiger partial charge on any atom is 0.209 e. The first-order valence-electron chi connectivity index (χ1n) is 7.74. The van der Waals surface area contributed by atoms with Crippen molar-refractivity contribution in [3.63, 3.8) is 0 Å². The van der Waals surface area contributed by atoms with E-state index in [0.717, 1.165) is 52.0 Å². The lowest BCUT2D eigenvalue weighted by molar-refractivity contribution is -0.672. The molecule has 0 aliphatic heterocycles. The van der Waals surface area contributed by atoms with Crippen LogP contribution < -0.4 is 5.32 Å². The largest absolute Gasteiger partial charge is 0.455 e. The molecule has 1 aromatic carbocycles. The van der Waals surface area contributed by atoms with Crippen LogP contribution in [0.3, 0.4) is 0 Å². The topological polar surface area (TPSA) is 73.3 Å². The third-order valence-corrected chi connectivity index (χ3v) is 5.13. The van der Waals surface area contributed by atoms with Gasteiger partial charge in [-0.25, -0.2) is 4.68 Å². The second-order valence-corrected chi connectivity index (χ2v) is 7.32. The number of benzene rings is 1. The maximum absolute atomic E-state index is 5.91. The van der Waals surface area contributed by atoms with Gasteiger partial charge in [-0.05, 0) is 34.7 Å². The van der Waals surface area contributed by atoms with Crippen LogP contribution >= 0.6 is 27.7 Å². The highest BCUT2D eigenvalue weighted by Gasteiger charge is 2.06. The molecule has 24 heavy (non-hydrogen) atoms. The summed E-state index contributed by atoms with van der Waals surface area (Å²) < 4.78 is 8.68. The number of hydrogen-bond acceptors (Lipinski definition) is 5. The van der Waals surface area contributed by atoms with Gasteiger partial charge in [0, 0.05) is 29.3 Å². The molecule has 2 heterocycles. The van der Waals surface area contributed by atoms with Crippen molar-refractivity contribution in [3.8, 4) is 11.3 Å². The van der Waals surface area contributed by atoms with Gasteiger partial charge in [-0.15, -0.1) is 5.10 Å². The van der Waals surface area contributed by atoms with Crippen LogP contribution in [0, 0.1) is 0 Å². The van der Waals surface area contributed by atoms with Gasteiger partial charge in [0.25, 0.3) is 0 Å². The average molecular weight is 409 g/mol. The Hall–Kier alpha value is -1.64. The van der Waals surface area contributed by atoms with Crippen LogP contribution in [0.15, 0.2) is 50.4 Å². The van der Waals surface area contributed by atoms with Crippen molar-refractivity contribution in [2.45, 2.75) is 18.1 Å². The zero-order valence-electron chi connectivity index (χ0n) is 13.4. The fourth-order valence-electron chi connectivity index (χ4n) is 2.24. The standard InChI is InChI=1S/C16H18BrN5OS/c1-22-16(19-20-21-22)24-10-2-9-18-11-14-7-8-15(23-14)12-3-5-13(17)6-4-12/h3-8,18H,2,9-11H2,1H3/p+1. The average Bonchev–Trinajstić information content (AvgIpc) is 3.21. The quantitative estimate of drug-likeness (QED) is 0.457. The van der Waals surface area contributed by atoms with Crippen LogP contribution in [0.2, 0.25) is 0 Å². The number of quaternary nitrogens is 1. The highest BCUT2D eigenvalue weighted by atomic mass is 79.9. The predicted octanol–water partition coefficient (Wildman–Crippen LogP) is 2.48. The molecule has 0 unspecified atom stereocenters. The number of aryl methyl sites for hydroxylation is 1. The van der Waals surface area contributed by atoms with Crippen molar-refractivity contribution in [3.05, 3.63) is 46.6 Å². The minimum absolute atomic E-state index is 0.854. The van der Waals surface area contributed by atoms with Gasteiger partial charge >= 0.3 is 0 Å². The van der Waals surface area contributed by atoms with Gasteiger partial charge in [0.1, 0.15) is 12.3 Å². The van der Waals surface area contributed by atoms with E-state index in [0.29, 0.717) is 0 Å². The Morgan fingerprint density at radius 2 is 2.04 bits per heavy atom. The van der Waals surface area contributed by atoms with E-state index >= 15 is 0 Å². The van der Waals surface area contributed by atoms with Crippen LogP contribution in [0.1, 0.15) is 12.2 Å². The number of halogens is 1. The molecule has 0 fully saturated rings. The van der Waals surface area contributed by atoms with Crippen LogP contribution in [0.25, 0.3) is 11.3 Å². The SMILES string of the molecule is Cn1nnnc1SCCC[NH2+]Cc1ccc(-c2ccc(Br)cc2)o1. The number of tetrazole rings is 1. The molecule has 0 saturated heterocycles. The van der Waals surface area contributed by atoms with Crippen molar-refractivity contribution in [1.29, 1.82) is 0 Å². The summed E-state index contributed by atoms with van der Waals surface area (Å²) in [4.78, 5) is 0. The second-order valence-electron chi connectivity index (χ2n) is 5.34. The van der Waals surface area contributed by atoms with Gasteiger partial charge < -0.3 is 9.73 Å². The summed E-state index contributed by atoms with van der Waals surface area (Å²) in [5.74, 6) is 2.92. The number of nitrogens with zero attached hydrogens (tertiary/aromatic N) is 4. The second kappa shape index (κ2) is 8.46. The molecule has 0 spiro atoms. The summed E-state index contributed by atoms with van der Waals surface area (Å²) in [6.07, 6.45) is 1.10. The Bertz CT molecular complexity index is 771. The van der Waals surface area contributed by atoms with Crippen molar-refractivity contribution in [2.24, 2.45) is 7.05 Å². The maximum atomic E-state index is 5.91. The molecule has 0 aliphatic rings. The first-order valence-corrected chi connectivity index (χ1v) is 9.52. The fraction of sp³-hybridized carbons (Fsp3) is 0.312. The van der Waals surface area contributed by atoms with Crippen LogP contribution in [0.4, 0.5) is 0 Å². The van der Waals surface area contributed by atoms with E-state index in [1.165, 1.54) is 0 Å². The Morgan fingerprint density at radius 3 is 2.79 bits per heavy atom. The van der Waals surface area contributed by atoms with E-state index in [4.69, 9.17) is 4.42 Å². The summed E-state index contributed by atoms with van der Waals surface area (Å²) in [6, 6.07) is 12.2. The molecule has 0 aliphatic carbocycles. The number of aromatic nitrogens is 4. The molecule has 3 aromatic rings. The molecule has 0 amide bonds. The Balaban J connectivity index is 1.38. The van der Waals surface area contributed by atoms with E-state index < -0.39 is 0 Å². The van der Waals surface area contributed by atoms with Gasteiger partial charge in [0.2, 0.25) is 5.16 Å². The normalized spacial score (nSPS) is 11.1. The molecular formula is C16H19BrN5OS+. The molecule has 8 heteroatoms. The molecular weight excluding hydrogens is 390 g/mol. The number of hydrogen-bond donors (Lipinski definition) is 1. The van der Waals surface area contributed by atoms with Crippen molar-refractivity contribution in [2.75, 3.05) is 12.3 Å². The van der Waals surface area contributed by atoms with Crippen molar-refractivity contribution < 1.29 is 9.73 Å². The monoisotopic (exact) mass is 408 g/mol. The highest BCUT2D eigenvalue weighted by molar-refractivity contribution is 9.10. The highest BCUT2D eigenvalue weighted by Crippen LogP contribution is 2.23. The Labute approximate surface area is 153 Å². The van der Waals surface area contributed by atoms with Gasteiger partial charge in [0.15, 0.2) is 5.76 Å². The molecule has 3 rings (SSSR count). The van der Waals surface area contributed by atoms with E-state index in [2.05, 4.69) is 48.9 Å². The Morgan fingerprint density at radius 1 is 1.21 bits per heavy atom. The zero-order chi connectivity index (χ0) is 16.8. The lowest BCUT2D eigenvalue weighted by Crippen LogP contribution is -2.82. The predicted molar refractivity (Wildman–Crippen MR) is 96.5 cm³/mol. The third kappa shape index (κ3) is 4.68. The summed E-state index contributed by atoms with van der Waals surface area (Å²) in [5.41, 5.74) is 1.10. The first-order chi connectivity index (χ1) is 11.7. The summed E-state index contributed by atoms with van der Waals surface area (Å²) >= 11 is 5.13. The number of thioether (sulfide) groups is 1. The van der Waals surface area contributed by atoms with E-state index in [1.54, 1.807) is 16.4 Å². The zero-order valence-corrected chi connectivity index (χ0v) is 15.8. The third-order valence-electron chi connectivity index (χ3n) is 3.50. The summed E-state index contributed by atoms with van der Waals surface area (Å²) in [6.45, 7) is 1.90. The molecule has 0 radical (unpaired) electrons. The van der Waals surface area contributed by atoms with Crippen LogP contribution in [-0.2, 0) is 13.6 Å². The molecule has 0 bridgehead atoms. The molecule has 6 nitrogen and oxygen atoms in total. The molecule has 126 valence electrons.